The van der Waals surface area contributed by atoms with Gasteiger partial charge in [-0.1, -0.05) is 26.3 Å². The first-order valence-corrected chi connectivity index (χ1v) is 5.66. The molecule has 0 saturated heterocycles. The van der Waals surface area contributed by atoms with Gasteiger partial charge in [0.25, 0.3) is 5.56 Å². The van der Waals surface area contributed by atoms with Gasteiger partial charge in [-0.2, -0.15) is 0 Å². The van der Waals surface area contributed by atoms with E-state index in [1.54, 1.807) is 0 Å². The molecule has 0 aliphatic heterocycles. The molecule has 0 spiro atoms. The molecule has 1 heterocycles. The first kappa shape index (κ1) is 12.0. The third-order valence-electron chi connectivity index (χ3n) is 2.52. The summed E-state index contributed by atoms with van der Waals surface area (Å²) < 4.78 is 1.87. The number of aryl methyl sites for hydroxylation is 1. The van der Waals surface area contributed by atoms with Crippen LogP contribution in [-0.4, -0.2) is 4.57 Å². The average molecular weight is 208 g/mol. The number of hydrogen-bond donors (Lipinski definition) is 1. The van der Waals surface area contributed by atoms with Crippen LogP contribution >= 0.6 is 0 Å². The van der Waals surface area contributed by atoms with Crippen molar-refractivity contribution in [3.8, 4) is 0 Å². The Hall–Kier alpha value is -1.09. The van der Waals surface area contributed by atoms with E-state index in [9.17, 15) is 4.79 Å². The molecule has 1 aromatic heterocycles. The molecule has 0 unspecified atom stereocenters. The van der Waals surface area contributed by atoms with Gasteiger partial charge in [0, 0.05) is 24.3 Å². The molecule has 0 aromatic carbocycles. The fourth-order valence-electron chi connectivity index (χ4n) is 1.76. The van der Waals surface area contributed by atoms with E-state index in [0.29, 0.717) is 12.1 Å². The summed E-state index contributed by atoms with van der Waals surface area (Å²) in [6, 6.07) is 3.89. The number of pyridine rings is 1. The summed E-state index contributed by atoms with van der Waals surface area (Å²) in [6.07, 6.45) is 3.00. The van der Waals surface area contributed by atoms with Crippen molar-refractivity contribution >= 4 is 0 Å². The van der Waals surface area contributed by atoms with Crippen molar-refractivity contribution in [1.82, 2.24) is 4.57 Å². The van der Waals surface area contributed by atoms with Crippen molar-refractivity contribution in [2.45, 2.75) is 46.2 Å². The molecular formula is C12H20N2O. The molecule has 3 nitrogen and oxygen atoms in total. The van der Waals surface area contributed by atoms with Crippen molar-refractivity contribution in [2.24, 2.45) is 5.73 Å². The lowest BCUT2D eigenvalue weighted by molar-refractivity contribution is 0.607. The molecule has 0 radical (unpaired) electrons. The second kappa shape index (κ2) is 5.71. The SMILES string of the molecule is CCCc1ccc(CN)c(=O)n1CCC. The normalized spacial score (nSPS) is 10.6. The number of rotatable bonds is 5. The zero-order chi connectivity index (χ0) is 11.3. The van der Waals surface area contributed by atoms with E-state index >= 15 is 0 Å². The van der Waals surface area contributed by atoms with E-state index in [2.05, 4.69) is 13.8 Å². The van der Waals surface area contributed by atoms with E-state index in [1.807, 2.05) is 16.7 Å². The van der Waals surface area contributed by atoms with Crippen LogP contribution in [0.3, 0.4) is 0 Å². The molecule has 0 amide bonds. The topological polar surface area (TPSA) is 48.0 Å². The highest BCUT2D eigenvalue weighted by atomic mass is 16.1. The monoisotopic (exact) mass is 208 g/mol. The van der Waals surface area contributed by atoms with E-state index < -0.39 is 0 Å². The minimum Gasteiger partial charge on any atom is -0.326 e. The molecule has 0 aliphatic carbocycles. The van der Waals surface area contributed by atoms with Crippen LogP contribution < -0.4 is 11.3 Å². The number of nitrogens with zero attached hydrogens (tertiary/aromatic N) is 1. The molecular weight excluding hydrogens is 188 g/mol. The Balaban J connectivity index is 3.18. The summed E-state index contributed by atoms with van der Waals surface area (Å²) >= 11 is 0. The molecule has 2 N–H and O–H groups in total. The Morgan fingerprint density at radius 3 is 2.53 bits per heavy atom. The molecule has 0 fully saturated rings. The highest BCUT2D eigenvalue weighted by Gasteiger charge is 2.06. The molecule has 0 aliphatic rings. The second-order valence-corrected chi connectivity index (χ2v) is 3.76. The largest absolute Gasteiger partial charge is 0.326 e. The zero-order valence-corrected chi connectivity index (χ0v) is 9.62. The van der Waals surface area contributed by atoms with Crippen LogP contribution in [0.5, 0.6) is 0 Å². The maximum atomic E-state index is 12.0. The minimum absolute atomic E-state index is 0.0882. The summed E-state index contributed by atoms with van der Waals surface area (Å²) in [5, 5.41) is 0. The van der Waals surface area contributed by atoms with Crippen LogP contribution in [-0.2, 0) is 19.5 Å². The smallest absolute Gasteiger partial charge is 0.255 e. The summed E-state index contributed by atoms with van der Waals surface area (Å²) in [4.78, 5) is 12.0. The minimum atomic E-state index is 0.0882. The van der Waals surface area contributed by atoms with Crippen LogP contribution in [0, 0.1) is 0 Å². The van der Waals surface area contributed by atoms with E-state index in [1.165, 1.54) is 0 Å². The molecule has 0 bridgehead atoms. The van der Waals surface area contributed by atoms with Gasteiger partial charge < -0.3 is 10.3 Å². The number of nitrogens with two attached hydrogens (primary N) is 1. The Bertz CT molecular complexity index is 368. The van der Waals surface area contributed by atoms with Crippen molar-refractivity contribution < 1.29 is 0 Å². The summed E-state index contributed by atoms with van der Waals surface area (Å²) in [5.41, 5.74) is 7.45. The molecule has 15 heavy (non-hydrogen) atoms. The maximum Gasteiger partial charge on any atom is 0.255 e. The Morgan fingerprint density at radius 2 is 2.00 bits per heavy atom. The highest BCUT2D eigenvalue weighted by molar-refractivity contribution is 5.16. The van der Waals surface area contributed by atoms with Gasteiger partial charge in [-0.15, -0.1) is 0 Å². The summed E-state index contributed by atoms with van der Waals surface area (Å²) in [7, 11) is 0. The van der Waals surface area contributed by atoms with Crippen molar-refractivity contribution in [1.29, 1.82) is 0 Å². The quantitative estimate of drug-likeness (QED) is 0.800. The predicted molar refractivity (Wildman–Crippen MR) is 62.9 cm³/mol. The van der Waals surface area contributed by atoms with Crippen LogP contribution in [0.4, 0.5) is 0 Å². The van der Waals surface area contributed by atoms with Gasteiger partial charge >= 0.3 is 0 Å². The van der Waals surface area contributed by atoms with Gasteiger partial charge in [-0.05, 0) is 18.9 Å². The maximum absolute atomic E-state index is 12.0. The lowest BCUT2D eigenvalue weighted by Gasteiger charge is -2.12. The van der Waals surface area contributed by atoms with Gasteiger partial charge in [0.2, 0.25) is 0 Å². The fourth-order valence-corrected chi connectivity index (χ4v) is 1.76. The first-order valence-electron chi connectivity index (χ1n) is 5.66. The molecule has 84 valence electrons. The van der Waals surface area contributed by atoms with Crippen molar-refractivity contribution in [3.05, 3.63) is 33.7 Å². The van der Waals surface area contributed by atoms with Crippen molar-refractivity contribution in [2.75, 3.05) is 0 Å². The van der Waals surface area contributed by atoms with Gasteiger partial charge in [0.15, 0.2) is 0 Å². The van der Waals surface area contributed by atoms with Crippen molar-refractivity contribution in [3.63, 3.8) is 0 Å². The summed E-state index contributed by atoms with van der Waals surface area (Å²) in [5.74, 6) is 0. The molecule has 1 aromatic rings. The second-order valence-electron chi connectivity index (χ2n) is 3.76. The fraction of sp³-hybridized carbons (Fsp3) is 0.583. The first-order chi connectivity index (χ1) is 7.24. The molecule has 3 heteroatoms. The van der Waals surface area contributed by atoms with Gasteiger partial charge in [-0.25, -0.2) is 0 Å². The zero-order valence-electron chi connectivity index (χ0n) is 9.62. The van der Waals surface area contributed by atoms with E-state index in [-0.39, 0.29) is 5.56 Å². The number of hydrogen-bond acceptors (Lipinski definition) is 2. The van der Waals surface area contributed by atoms with Crippen LogP contribution in [0.25, 0.3) is 0 Å². The summed E-state index contributed by atoms with van der Waals surface area (Å²) in [6.45, 7) is 5.33. The van der Waals surface area contributed by atoms with Gasteiger partial charge in [-0.3, -0.25) is 4.79 Å². The van der Waals surface area contributed by atoms with Crippen LogP contribution in [0.15, 0.2) is 16.9 Å². The standard InChI is InChI=1S/C12H20N2O/c1-3-5-11-7-6-10(9-13)12(15)14(11)8-4-2/h6-7H,3-5,8-9,13H2,1-2H3. The van der Waals surface area contributed by atoms with E-state index in [4.69, 9.17) is 5.73 Å². The van der Waals surface area contributed by atoms with Crippen LogP contribution in [0.1, 0.15) is 37.9 Å². The third kappa shape index (κ3) is 2.69. The Kier molecular flexibility index (Phi) is 4.56. The average Bonchev–Trinajstić information content (AvgIpc) is 2.24. The predicted octanol–water partition coefficient (Wildman–Crippen LogP) is 1.67. The van der Waals surface area contributed by atoms with Gasteiger partial charge in [0.05, 0.1) is 0 Å². The molecule has 0 saturated carbocycles. The number of aromatic nitrogens is 1. The highest BCUT2D eigenvalue weighted by Crippen LogP contribution is 2.04. The molecule has 0 atom stereocenters. The molecule has 1 rings (SSSR count). The lowest BCUT2D eigenvalue weighted by atomic mass is 10.1. The Labute approximate surface area is 90.9 Å². The van der Waals surface area contributed by atoms with Gasteiger partial charge in [0.1, 0.15) is 0 Å². The lowest BCUT2D eigenvalue weighted by Crippen LogP contribution is -2.27. The van der Waals surface area contributed by atoms with E-state index in [0.717, 1.165) is 31.5 Å². The third-order valence-corrected chi connectivity index (χ3v) is 2.52. The van der Waals surface area contributed by atoms with Crippen LogP contribution in [0.2, 0.25) is 0 Å². The Morgan fingerprint density at radius 1 is 1.27 bits per heavy atom.